The number of rotatable bonds is 2. The van der Waals surface area contributed by atoms with E-state index >= 15 is 0 Å². The zero-order chi connectivity index (χ0) is 32.8. The van der Waals surface area contributed by atoms with Gasteiger partial charge < -0.3 is 24.8 Å². The topological polar surface area (TPSA) is 0 Å². The second-order valence-corrected chi connectivity index (χ2v) is 17.0. The van der Waals surface area contributed by atoms with Crippen LogP contribution in [0.3, 0.4) is 0 Å². The van der Waals surface area contributed by atoms with Gasteiger partial charge in [0, 0.05) is 0 Å². The Morgan fingerprint density at radius 2 is 1.35 bits per heavy atom. The molecule has 0 heterocycles. The van der Waals surface area contributed by atoms with Crippen molar-refractivity contribution in [2.45, 2.75) is 59.8 Å². The molecule has 0 spiro atoms. The van der Waals surface area contributed by atoms with Crippen LogP contribution in [0.15, 0.2) is 112 Å². The largest absolute Gasteiger partial charge is 1.00 e. The fourth-order valence-corrected chi connectivity index (χ4v) is 8.73. The van der Waals surface area contributed by atoms with Crippen molar-refractivity contribution in [3.63, 3.8) is 0 Å². The quantitative estimate of drug-likeness (QED) is 0.259. The molecule has 0 fully saturated rings. The Labute approximate surface area is 331 Å². The first-order chi connectivity index (χ1) is 21.9. The number of allylic oxidation sites excluding steroid dienone is 6. The number of fused-ring (bicyclic) bond motifs is 7. The third-order valence-corrected chi connectivity index (χ3v) is 11.9. The maximum atomic E-state index is 3.45. The van der Waals surface area contributed by atoms with Gasteiger partial charge in [0.1, 0.15) is 0 Å². The fourth-order valence-electron chi connectivity index (χ4n) is 7.39. The van der Waals surface area contributed by atoms with Gasteiger partial charge in [0.15, 0.2) is 0 Å². The molecule has 0 bridgehead atoms. The van der Waals surface area contributed by atoms with E-state index < -0.39 is 0 Å². The first-order valence-electron chi connectivity index (χ1n) is 16.0. The van der Waals surface area contributed by atoms with Crippen LogP contribution < -0.4 is 35.3 Å². The molecule has 0 radical (unpaired) electrons. The fraction of sp³-hybridized carbons (Fsp3) is 0.233. The van der Waals surface area contributed by atoms with E-state index in [1.54, 1.807) is 27.8 Å². The predicted molar refractivity (Wildman–Crippen MR) is 202 cm³/mol. The molecule has 0 saturated carbocycles. The summed E-state index contributed by atoms with van der Waals surface area (Å²) in [6.45, 7) is 14.1. The van der Waals surface area contributed by atoms with Crippen molar-refractivity contribution >= 4 is 57.9 Å². The molecule has 48 heavy (non-hydrogen) atoms. The number of hydrogen-bond acceptors (Lipinski definition) is 0. The summed E-state index contributed by atoms with van der Waals surface area (Å²) in [5.41, 5.74) is 15.4. The Kier molecular flexibility index (Phi) is 12.6. The average molecular weight is 879 g/mol. The van der Waals surface area contributed by atoms with E-state index in [4.69, 9.17) is 0 Å². The van der Waals surface area contributed by atoms with Gasteiger partial charge in [0.25, 0.3) is 0 Å². The predicted octanol–water partition coefficient (Wildman–Crippen LogP) is 4.59. The van der Waals surface area contributed by atoms with Gasteiger partial charge in [0.2, 0.25) is 0 Å². The minimum Gasteiger partial charge on any atom is -1.00 e. The minimum absolute atomic E-state index is 0. The molecule has 0 aromatic heterocycles. The monoisotopic (exact) mass is 874 g/mol. The van der Waals surface area contributed by atoms with E-state index in [1.807, 2.05) is 30.3 Å². The van der Waals surface area contributed by atoms with Crippen LogP contribution in [-0.4, -0.2) is 3.21 Å². The zero-order valence-electron chi connectivity index (χ0n) is 28.3. The van der Waals surface area contributed by atoms with Crippen LogP contribution >= 0.6 is 31.9 Å². The molecule has 4 aliphatic carbocycles. The number of benzene rings is 3. The Morgan fingerprint density at radius 1 is 0.792 bits per heavy atom. The molecule has 0 saturated heterocycles. The Bertz CT molecular complexity index is 1980. The second-order valence-electron chi connectivity index (χ2n) is 14.0. The van der Waals surface area contributed by atoms with E-state index in [0.29, 0.717) is 0 Å². The standard InChI is InChI=1S/C25H27.C13H8Br2.C5H5.2ClH.Zr/c1-14-7-8-17-20(14)22-18(23-21(17)15(2)12-25(23,5)6)11-16-9-10-24(3,4)13-19(16)22;14-12-5-1-10(2-6-12)9-11-3-7-13(15)8-4-11;1-2-4-5-3-1;;;/h7-10,12H,11,13H2,1-6H3;1-8H;1-5H;2*1H;/q-1;;-1;;;+2/p-2. The molecule has 0 nitrogen and oxygen atoms in total. The molecule has 4 aromatic rings. The van der Waals surface area contributed by atoms with Crippen LogP contribution in [-0.2, 0) is 36.1 Å². The third kappa shape index (κ3) is 7.87. The Balaban J connectivity index is 0.000000195. The molecule has 246 valence electrons. The van der Waals surface area contributed by atoms with Crippen LogP contribution in [0.1, 0.15) is 81.3 Å². The van der Waals surface area contributed by atoms with Crippen LogP contribution in [0.4, 0.5) is 0 Å². The third-order valence-electron chi connectivity index (χ3n) is 9.40. The van der Waals surface area contributed by atoms with Crippen molar-refractivity contribution in [2.75, 3.05) is 0 Å². The molecule has 8 rings (SSSR count). The summed E-state index contributed by atoms with van der Waals surface area (Å²) < 4.78 is 3.62. The first-order valence-corrected chi connectivity index (χ1v) is 18.8. The molecule has 4 aromatic carbocycles. The molecule has 5 heteroatoms. The molecular weight excluding hydrogens is 838 g/mol. The van der Waals surface area contributed by atoms with Crippen molar-refractivity contribution < 1.29 is 49.0 Å². The van der Waals surface area contributed by atoms with Gasteiger partial charge >= 0.3 is 128 Å². The molecule has 0 amide bonds. The van der Waals surface area contributed by atoms with E-state index in [-0.39, 0.29) is 35.6 Å². The van der Waals surface area contributed by atoms with E-state index in [2.05, 4.69) is 153 Å². The van der Waals surface area contributed by atoms with Crippen LogP contribution in [0, 0.1) is 11.8 Å². The van der Waals surface area contributed by atoms with Gasteiger partial charge in [-0.2, -0.15) is 23.4 Å². The summed E-state index contributed by atoms with van der Waals surface area (Å²) in [5, 5.41) is 3.00. The van der Waals surface area contributed by atoms with E-state index in [9.17, 15) is 0 Å². The summed E-state index contributed by atoms with van der Waals surface area (Å²) >= 11 is 8.34. The SMILES string of the molecule is Brc1ccc([C](=[Zr+2])c2ccc(Br)cc2)cc1.CC1=CC=c2c1c1c(c3c2=C(C)[CH-]C3(C)C)CC2=C1CC(C)(C)C=C2.[Cl-].[Cl-].c1cc[cH-]c1. The molecule has 0 aliphatic heterocycles. The summed E-state index contributed by atoms with van der Waals surface area (Å²) in [4.78, 5) is 0. The summed E-state index contributed by atoms with van der Waals surface area (Å²) in [6, 6.07) is 26.9. The normalized spacial score (nSPS) is 16.5. The molecule has 0 N–H and O–H groups in total. The first kappa shape index (κ1) is 38.9. The average Bonchev–Trinajstić information content (AvgIpc) is 3.81. The van der Waals surface area contributed by atoms with Crippen LogP contribution in [0.25, 0.3) is 22.8 Å². The van der Waals surface area contributed by atoms with Crippen LogP contribution in [0.2, 0.25) is 0 Å². The van der Waals surface area contributed by atoms with E-state index in [0.717, 1.165) is 21.8 Å². The number of halogens is 4. The summed E-state index contributed by atoms with van der Waals surface area (Å²) in [5.74, 6) is 0. The second kappa shape index (κ2) is 15.6. The van der Waals surface area contributed by atoms with Gasteiger partial charge in [-0.15, -0.1) is 5.56 Å². The number of hydrogen-bond donors (Lipinski definition) is 0. The van der Waals surface area contributed by atoms with Gasteiger partial charge in [-0.1, -0.05) is 75.1 Å². The minimum atomic E-state index is 0. The zero-order valence-corrected chi connectivity index (χ0v) is 35.5. The maximum Gasteiger partial charge on any atom is -0.00291 e. The molecular formula is C43H40Br2Cl2Zr-2. The molecule has 0 atom stereocenters. The van der Waals surface area contributed by atoms with Crippen molar-refractivity contribution in [1.29, 1.82) is 0 Å². The van der Waals surface area contributed by atoms with Gasteiger partial charge in [0.05, 0.1) is 0 Å². The van der Waals surface area contributed by atoms with Crippen molar-refractivity contribution in [1.82, 2.24) is 0 Å². The van der Waals surface area contributed by atoms with Gasteiger partial charge in [-0.05, 0) is 53.0 Å². The summed E-state index contributed by atoms with van der Waals surface area (Å²) in [7, 11) is 0. The Hall–Kier alpha value is -1.87. The van der Waals surface area contributed by atoms with Crippen molar-refractivity contribution in [3.05, 3.63) is 162 Å². The van der Waals surface area contributed by atoms with E-state index in [1.165, 1.54) is 65.7 Å². The van der Waals surface area contributed by atoms with Crippen molar-refractivity contribution in [3.8, 4) is 0 Å². The summed E-state index contributed by atoms with van der Waals surface area (Å²) in [6.07, 6.45) is 14.3. The smallest absolute Gasteiger partial charge is 0.00291 e. The van der Waals surface area contributed by atoms with Gasteiger partial charge in [-0.3, -0.25) is 0 Å². The maximum absolute atomic E-state index is 3.45. The van der Waals surface area contributed by atoms with Gasteiger partial charge in [-0.25, -0.2) is 24.1 Å². The van der Waals surface area contributed by atoms with Crippen LogP contribution in [0.5, 0.6) is 0 Å². The Morgan fingerprint density at radius 3 is 1.88 bits per heavy atom. The molecule has 0 unspecified atom stereocenters. The molecule has 4 aliphatic rings. The van der Waals surface area contributed by atoms with Crippen molar-refractivity contribution in [2.24, 2.45) is 5.41 Å².